The number of hydrogen-bond donors (Lipinski definition) is 1. The summed E-state index contributed by atoms with van der Waals surface area (Å²) in [7, 11) is 0. The number of rotatable bonds is 4. The Morgan fingerprint density at radius 1 is 1.26 bits per heavy atom. The highest BCUT2D eigenvalue weighted by atomic mass is 16.5. The van der Waals surface area contributed by atoms with Gasteiger partial charge in [0.1, 0.15) is 19.0 Å². The molecule has 1 heterocycles. The van der Waals surface area contributed by atoms with E-state index < -0.39 is 11.7 Å². The standard InChI is InChI=1S/C13H13N3O3/c14-11-6-7-16(13(18)15-11)8-12(17)19-9-10-4-2-1-3-5-10/h1-7H,8-9H2,(H2,14,15,18). The van der Waals surface area contributed by atoms with Crippen molar-refractivity contribution in [1.82, 2.24) is 9.55 Å². The molecule has 0 saturated carbocycles. The third-order valence-electron chi connectivity index (χ3n) is 2.44. The van der Waals surface area contributed by atoms with Crippen LogP contribution < -0.4 is 11.4 Å². The second-order valence-corrected chi connectivity index (χ2v) is 3.91. The van der Waals surface area contributed by atoms with Crippen LogP contribution in [0.4, 0.5) is 5.82 Å². The molecule has 0 fully saturated rings. The minimum Gasteiger partial charge on any atom is -0.459 e. The molecule has 0 radical (unpaired) electrons. The molecule has 98 valence electrons. The van der Waals surface area contributed by atoms with Crippen molar-refractivity contribution in [3.8, 4) is 0 Å². The molecule has 0 saturated heterocycles. The van der Waals surface area contributed by atoms with Crippen LogP contribution in [-0.4, -0.2) is 15.5 Å². The molecular weight excluding hydrogens is 246 g/mol. The maximum absolute atomic E-state index is 11.6. The SMILES string of the molecule is Nc1ccn(CC(=O)OCc2ccccc2)c(=O)n1. The van der Waals surface area contributed by atoms with Gasteiger partial charge in [0.05, 0.1) is 0 Å². The van der Waals surface area contributed by atoms with E-state index in [0.29, 0.717) is 0 Å². The summed E-state index contributed by atoms with van der Waals surface area (Å²) >= 11 is 0. The fourth-order valence-corrected chi connectivity index (χ4v) is 1.49. The van der Waals surface area contributed by atoms with Gasteiger partial charge in [0.15, 0.2) is 0 Å². The molecule has 1 aromatic carbocycles. The summed E-state index contributed by atoms with van der Waals surface area (Å²) in [4.78, 5) is 26.5. The molecule has 0 bridgehead atoms. The minimum atomic E-state index is -0.573. The van der Waals surface area contributed by atoms with E-state index >= 15 is 0 Å². The van der Waals surface area contributed by atoms with Crippen molar-refractivity contribution in [3.63, 3.8) is 0 Å². The fraction of sp³-hybridized carbons (Fsp3) is 0.154. The van der Waals surface area contributed by atoms with E-state index in [-0.39, 0.29) is 19.0 Å². The number of carbonyl (C=O) groups excluding carboxylic acids is 1. The Labute approximate surface area is 109 Å². The zero-order valence-electron chi connectivity index (χ0n) is 10.2. The van der Waals surface area contributed by atoms with Crippen LogP contribution in [-0.2, 0) is 22.7 Å². The van der Waals surface area contributed by atoms with Gasteiger partial charge in [-0.2, -0.15) is 4.98 Å². The molecule has 0 atom stereocenters. The van der Waals surface area contributed by atoms with Gasteiger partial charge in [-0.05, 0) is 11.6 Å². The number of ether oxygens (including phenoxy) is 1. The highest BCUT2D eigenvalue weighted by Gasteiger charge is 2.06. The third kappa shape index (κ3) is 3.67. The van der Waals surface area contributed by atoms with Gasteiger partial charge >= 0.3 is 11.7 Å². The topological polar surface area (TPSA) is 87.2 Å². The van der Waals surface area contributed by atoms with Gasteiger partial charge in [0.25, 0.3) is 0 Å². The van der Waals surface area contributed by atoms with Crippen molar-refractivity contribution < 1.29 is 9.53 Å². The predicted molar refractivity (Wildman–Crippen MR) is 69.1 cm³/mol. The Balaban J connectivity index is 1.93. The van der Waals surface area contributed by atoms with Crippen LogP contribution in [0.15, 0.2) is 47.4 Å². The number of benzene rings is 1. The molecular formula is C13H13N3O3. The third-order valence-corrected chi connectivity index (χ3v) is 2.44. The van der Waals surface area contributed by atoms with E-state index in [1.807, 2.05) is 30.3 Å². The van der Waals surface area contributed by atoms with Gasteiger partial charge in [0.2, 0.25) is 0 Å². The summed E-state index contributed by atoms with van der Waals surface area (Å²) in [6, 6.07) is 10.8. The first-order chi connectivity index (χ1) is 9.15. The molecule has 0 amide bonds. The molecule has 0 unspecified atom stereocenters. The second kappa shape index (κ2) is 5.81. The van der Waals surface area contributed by atoms with Crippen LogP contribution in [0.2, 0.25) is 0 Å². The first-order valence-corrected chi connectivity index (χ1v) is 5.67. The van der Waals surface area contributed by atoms with E-state index in [2.05, 4.69) is 4.98 Å². The Morgan fingerprint density at radius 2 is 2.00 bits per heavy atom. The lowest BCUT2D eigenvalue weighted by atomic mass is 10.2. The molecule has 2 aromatic rings. The molecule has 6 nitrogen and oxygen atoms in total. The van der Waals surface area contributed by atoms with E-state index in [4.69, 9.17) is 10.5 Å². The summed E-state index contributed by atoms with van der Waals surface area (Å²) in [6.07, 6.45) is 1.41. The van der Waals surface area contributed by atoms with Gasteiger partial charge in [-0.25, -0.2) is 4.79 Å². The van der Waals surface area contributed by atoms with Crippen molar-refractivity contribution in [1.29, 1.82) is 0 Å². The smallest absolute Gasteiger partial charge is 0.350 e. The Morgan fingerprint density at radius 3 is 2.68 bits per heavy atom. The molecule has 0 aliphatic carbocycles. The number of carbonyl (C=O) groups is 1. The first kappa shape index (κ1) is 12.8. The average Bonchev–Trinajstić information content (AvgIpc) is 2.41. The number of anilines is 1. The van der Waals surface area contributed by atoms with Gasteiger partial charge in [-0.15, -0.1) is 0 Å². The van der Waals surface area contributed by atoms with Crippen molar-refractivity contribution in [2.24, 2.45) is 0 Å². The molecule has 0 spiro atoms. The minimum absolute atomic E-state index is 0.124. The number of aromatic nitrogens is 2. The van der Waals surface area contributed by atoms with Crippen molar-refractivity contribution in [2.45, 2.75) is 13.2 Å². The van der Waals surface area contributed by atoms with E-state index in [0.717, 1.165) is 10.1 Å². The van der Waals surface area contributed by atoms with Crippen LogP contribution in [0.1, 0.15) is 5.56 Å². The van der Waals surface area contributed by atoms with Gasteiger partial charge in [0, 0.05) is 6.20 Å². The molecule has 0 aliphatic heterocycles. The molecule has 0 aliphatic rings. The van der Waals surface area contributed by atoms with Crippen LogP contribution in [0, 0.1) is 0 Å². The molecule has 19 heavy (non-hydrogen) atoms. The number of hydrogen-bond acceptors (Lipinski definition) is 5. The molecule has 6 heteroatoms. The summed E-state index contributed by atoms with van der Waals surface area (Å²) in [5.41, 5.74) is 5.67. The normalized spacial score (nSPS) is 10.1. The zero-order valence-corrected chi connectivity index (χ0v) is 10.2. The van der Waals surface area contributed by atoms with Gasteiger partial charge < -0.3 is 10.5 Å². The van der Waals surface area contributed by atoms with Crippen LogP contribution in [0.25, 0.3) is 0 Å². The number of nitrogen functional groups attached to an aromatic ring is 1. The van der Waals surface area contributed by atoms with E-state index in [1.165, 1.54) is 12.3 Å². The van der Waals surface area contributed by atoms with Crippen molar-refractivity contribution in [3.05, 3.63) is 58.6 Å². The average molecular weight is 259 g/mol. The second-order valence-electron chi connectivity index (χ2n) is 3.91. The Bertz CT molecular complexity index is 623. The largest absolute Gasteiger partial charge is 0.459 e. The zero-order chi connectivity index (χ0) is 13.7. The van der Waals surface area contributed by atoms with Crippen LogP contribution in [0.5, 0.6) is 0 Å². The molecule has 2 rings (SSSR count). The lowest BCUT2D eigenvalue weighted by Gasteiger charge is -2.06. The lowest BCUT2D eigenvalue weighted by Crippen LogP contribution is -2.27. The maximum Gasteiger partial charge on any atom is 0.350 e. The summed E-state index contributed by atoms with van der Waals surface area (Å²) in [5.74, 6) is -0.378. The van der Waals surface area contributed by atoms with Crippen LogP contribution in [0.3, 0.4) is 0 Å². The van der Waals surface area contributed by atoms with Gasteiger partial charge in [-0.1, -0.05) is 30.3 Å². The van der Waals surface area contributed by atoms with Crippen molar-refractivity contribution >= 4 is 11.8 Å². The highest BCUT2D eigenvalue weighted by molar-refractivity contribution is 5.69. The highest BCUT2D eigenvalue weighted by Crippen LogP contribution is 2.01. The summed E-state index contributed by atoms with van der Waals surface area (Å²) in [5, 5.41) is 0. The fourth-order valence-electron chi connectivity index (χ4n) is 1.49. The number of nitrogens with zero attached hydrogens (tertiary/aromatic N) is 2. The number of esters is 1. The van der Waals surface area contributed by atoms with Crippen molar-refractivity contribution in [2.75, 3.05) is 5.73 Å². The Hall–Kier alpha value is -2.63. The monoisotopic (exact) mass is 259 g/mol. The Kier molecular flexibility index (Phi) is 3.92. The first-order valence-electron chi connectivity index (χ1n) is 5.67. The number of nitrogens with two attached hydrogens (primary N) is 1. The van der Waals surface area contributed by atoms with E-state index in [1.54, 1.807) is 0 Å². The quantitative estimate of drug-likeness (QED) is 0.811. The predicted octanol–water partition coefficient (Wildman–Crippen LogP) is 0.569. The lowest BCUT2D eigenvalue weighted by molar-refractivity contribution is -0.145. The summed E-state index contributed by atoms with van der Waals surface area (Å²) < 4.78 is 6.20. The van der Waals surface area contributed by atoms with Gasteiger partial charge in [-0.3, -0.25) is 9.36 Å². The van der Waals surface area contributed by atoms with Crippen LogP contribution >= 0.6 is 0 Å². The maximum atomic E-state index is 11.6. The molecule has 1 aromatic heterocycles. The summed E-state index contributed by atoms with van der Waals surface area (Å²) in [6.45, 7) is -0.00419. The van der Waals surface area contributed by atoms with E-state index in [9.17, 15) is 9.59 Å². The molecule has 2 N–H and O–H groups in total.